The van der Waals surface area contributed by atoms with E-state index in [1.165, 1.54) is 6.07 Å². The Morgan fingerprint density at radius 3 is 2.20 bits per heavy atom. The van der Waals surface area contributed by atoms with Gasteiger partial charge in [-0.25, -0.2) is 4.99 Å². The first-order chi connectivity index (χ1) is 19.5. The number of aryl methyl sites for hydroxylation is 1. The summed E-state index contributed by atoms with van der Waals surface area (Å²) in [5, 5.41) is 31.5. The molecule has 0 radical (unpaired) electrons. The quantitative estimate of drug-likeness (QED) is 0.322. The Morgan fingerprint density at radius 2 is 1.63 bits per heavy atom. The fraction of sp³-hybridized carbons (Fsp3) is 0.207. The first-order valence-corrected chi connectivity index (χ1v) is 13.3. The molecule has 206 valence electrons. The van der Waals surface area contributed by atoms with Crippen LogP contribution in [0.5, 0.6) is 5.75 Å². The molecule has 1 aliphatic heterocycles. The molecule has 0 atom stereocenters. The number of benzene rings is 3. The smallest absolute Gasteiger partial charge is 0.417 e. The minimum absolute atomic E-state index is 0.0325. The van der Waals surface area contributed by atoms with Crippen molar-refractivity contribution in [3.8, 4) is 17.9 Å². The van der Waals surface area contributed by atoms with E-state index in [4.69, 9.17) is 34.7 Å². The highest BCUT2D eigenvalue weighted by Gasteiger charge is 2.58. The number of phenolic OH excluding ortho intramolecular Hbond substituents is 1. The summed E-state index contributed by atoms with van der Waals surface area (Å²) in [6, 6.07) is 18.8. The minimum Gasteiger partial charge on any atom is -0.508 e. The molecule has 12 heteroatoms. The maximum atomic E-state index is 13.5. The molecule has 0 unspecified atom stereocenters. The molecule has 3 aromatic rings. The van der Waals surface area contributed by atoms with Crippen molar-refractivity contribution in [2.75, 3.05) is 15.1 Å². The summed E-state index contributed by atoms with van der Waals surface area (Å²) >= 11 is 11.5. The number of alkyl halides is 3. The fourth-order valence-electron chi connectivity index (χ4n) is 5.10. The second-order valence-electron chi connectivity index (χ2n) is 9.70. The van der Waals surface area contributed by atoms with Crippen LogP contribution < -0.4 is 15.1 Å². The van der Waals surface area contributed by atoms with Gasteiger partial charge in [-0.05, 0) is 117 Å². The number of hydrogen-bond donors (Lipinski definition) is 2. The monoisotopic (exact) mass is 590 g/mol. The van der Waals surface area contributed by atoms with Crippen molar-refractivity contribution in [3.05, 3.63) is 82.9 Å². The highest BCUT2D eigenvalue weighted by Crippen LogP contribution is 2.49. The lowest BCUT2D eigenvalue weighted by Gasteiger charge is -2.44. The van der Waals surface area contributed by atoms with E-state index in [1.807, 2.05) is 17.9 Å². The molecule has 1 heterocycles. The first-order valence-electron chi connectivity index (χ1n) is 12.4. The van der Waals surface area contributed by atoms with Gasteiger partial charge in [0.1, 0.15) is 17.1 Å². The Morgan fingerprint density at radius 1 is 1.00 bits per heavy atom. The van der Waals surface area contributed by atoms with Crippen molar-refractivity contribution < 1.29 is 18.3 Å². The number of rotatable bonds is 3. The van der Waals surface area contributed by atoms with Gasteiger partial charge in [0.2, 0.25) is 0 Å². The predicted octanol–water partition coefficient (Wildman–Crippen LogP) is 6.79. The number of nitrogens with zero attached hydrogens (tertiary/aromatic N) is 5. The van der Waals surface area contributed by atoms with Crippen LogP contribution in [0.15, 0.2) is 65.7 Å². The summed E-state index contributed by atoms with van der Waals surface area (Å²) in [4.78, 5) is 8.46. The number of hydrogen-bond acceptors (Lipinski definition) is 5. The van der Waals surface area contributed by atoms with Gasteiger partial charge in [0.25, 0.3) is 0 Å². The van der Waals surface area contributed by atoms with Crippen molar-refractivity contribution >= 4 is 57.6 Å². The zero-order valence-electron chi connectivity index (χ0n) is 21.5. The van der Waals surface area contributed by atoms with E-state index < -0.39 is 22.8 Å². The van der Waals surface area contributed by atoms with Crippen molar-refractivity contribution in [2.45, 2.75) is 37.9 Å². The highest BCUT2D eigenvalue weighted by molar-refractivity contribution is 7.81. The topological polar surface area (TPSA) is 98.7 Å². The fourth-order valence-corrected chi connectivity index (χ4v) is 5.78. The maximum absolute atomic E-state index is 13.5. The number of nitriles is 2. The summed E-state index contributed by atoms with van der Waals surface area (Å²) < 4.78 is 40.6. The van der Waals surface area contributed by atoms with Gasteiger partial charge in [0, 0.05) is 17.1 Å². The largest absolute Gasteiger partial charge is 0.508 e. The summed E-state index contributed by atoms with van der Waals surface area (Å²) in [6.07, 6.45) is -2.49. The molecule has 5 rings (SSSR count). The molecule has 0 aromatic heterocycles. The van der Waals surface area contributed by atoms with Crippen molar-refractivity contribution in [1.82, 2.24) is 0 Å². The molecule has 7 nitrogen and oxygen atoms in total. The Kier molecular flexibility index (Phi) is 7.15. The lowest BCUT2D eigenvalue weighted by atomic mass is 9.74. The van der Waals surface area contributed by atoms with Gasteiger partial charge < -0.3 is 15.3 Å². The number of aromatic hydroxyl groups is 1. The zero-order valence-corrected chi connectivity index (χ0v) is 23.2. The van der Waals surface area contributed by atoms with Gasteiger partial charge in [-0.2, -0.15) is 23.7 Å². The van der Waals surface area contributed by atoms with Crippen LogP contribution in [0.4, 0.5) is 30.2 Å². The van der Waals surface area contributed by atoms with E-state index in [2.05, 4.69) is 11.4 Å². The second kappa shape index (κ2) is 10.5. The molecule has 3 aromatic carbocycles. The third-order valence-electron chi connectivity index (χ3n) is 7.22. The van der Waals surface area contributed by atoms with Crippen molar-refractivity contribution in [1.29, 1.82) is 10.5 Å². The van der Waals surface area contributed by atoms with E-state index in [1.54, 1.807) is 47.4 Å². The van der Waals surface area contributed by atoms with Crippen LogP contribution in [-0.2, 0) is 6.18 Å². The third kappa shape index (κ3) is 4.97. The standard InChI is InChI=1S/C29H21F3N6OS2/c1-17-13-22(6-4-18(17)15-33)37-25(28(11-2-12-28)38(27(37)41)21-7-9-23(39)10-8-21)36-26(40)35-20-5-3-19(16-34)24(14-20)29(30,31)32/h3-10,13-14,39H,2,11-12H2,1H3,(H,35,40). The molecule has 2 fully saturated rings. The van der Waals surface area contributed by atoms with Gasteiger partial charge in [0.05, 0.1) is 28.8 Å². The van der Waals surface area contributed by atoms with E-state index in [0.717, 1.165) is 29.8 Å². The van der Waals surface area contributed by atoms with Crippen LogP contribution in [0.3, 0.4) is 0 Å². The summed E-state index contributed by atoms with van der Waals surface area (Å²) in [5.41, 5.74) is 0.384. The molecule has 1 saturated heterocycles. The average Bonchev–Trinajstić information content (AvgIpc) is 3.16. The number of thiocarbonyl (C=S) groups is 2. The number of nitrogens with one attached hydrogen (secondary N) is 1. The van der Waals surface area contributed by atoms with Crippen molar-refractivity contribution in [2.24, 2.45) is 4.99 Å². The number of amidine groups is 1. The van der Waals surface area contributed by atoms with Gasteiger partial charge >= 0.3 is 6.18 Å². The summed E-state index contributed by atoms with van der Waals surface area (Å²) in [6.45, 7) is 1.81. The van der Waals surface area contributed by atoms with Gasteiger partial charge in [-0.3, -0.25) is 4.90 Å². The van der Waals surface area contributed by atoms with E-state index >= 15 is 0 Å². The highest BCUT2D eigenvalue weighted by atomic mass is 32.1. The SMILES string of the molecule is Cc1cc(N2C(=S)N(c3ccc(O)cc3)C3(CCC3)C2=NC(=S)Nc2ccc(C#N)c(C(F)(F)F)c2)ccc1C#N. The molecule has 0 bridgehead atoms. The van der Waals surface area contributed by atoms with E-state index in [-0.39, 0.29) is 16.5 Å². The molecular formula is C29H21F3N6OS2. The Balaban J connectivity index is 1.60. The van der Waals surface area contributed by atoms with Crippen LogP contribution in [0.2, 0.25) is 0 Å². The lowest BCUT2D eigenvalue weighted by Crippen LogP contribution is -2.55. The number of phenols is 1. The van der Waals surface area contributed by atoms with E-state index in [0.29, 0.717) is 35.0 Å². The summed E-state index contributed by atoms with van der Waals surface area (Å²) in [5.74, 6) is 0.592. The number of halogens is 3. The lowest BCUT2D eigenvalue weighted by molar-refractivity contribution is -0.137. The van der Waals surface area contributed by atoms with E-state index in [9.17, 15) is 23.5 Å². The first kappa shape index (κ1) is 28.0. The second-order valence-corrected chi connectivity index (χ2v) is 10.5. The molecule has 1 aliphatic carbocycles. The normalized spacial score (nSPS) is 16.8. The predicted molar refractivity (Wildman–Crippen MR) is 158 cm³/mol. The molecular weight excluding hydrogens is 569 g/mol. The van der Waals surface area contributed by atoms with Crippen LogP contribution in [-0.4, -0.2) is 26.7 Å². The average molecular weight is 591 g/mol. The zero-order chi connectivity index (χ0) is 29.5. The molecule has 2 N–H and O–H groups in total. The maximum Gasteiger partial charge on any atom is 0.417 e. The van der Waals surface area contributed by atoms with Crippen LogP contribution in [0.25, 0.3) is 0 Å². The van der Waals surface area contributed by atoms with Gasteiger partial charge in [-0.15, -0.1) is 0 Å². The Labute approximate surface area is 244 Å². The number of aliphatic imine (C=N–C) groups is 1. The summed E-state index contributed by atoms with van der Waals surface area (Å²) in [7, 11) is 0. The van der Waals surface area contributed by atoms with Crippen LogP contribution in [0.1, 0.15) is 41.5 Å². The number of anilines is 3. The molecule has 2 aliphatic rings. The molecule has 0 amide bonds. The Hall–Kier alpha value is -4.52. The minimum atomic E-state index is -4.72. The van der Waals surface area contributed by atoms with Crippen LogP contribution >= 0.6 is 24.4 Å². The van der Waals surface area contributed by atoms with Crippen LogP contribution in [0, 0.1) is 29.6 Å². The van der Waals surface area contributed by atoms with Gasteiger partial charge in [0.15, 0.2) is 10.2 Å². The molecule has 41 heavy (non-hydrogen) atoms. The Bertz CT molecular complexity index is 1680. The van der Waals surface area contributed by atoms with Gasteiger partial charge in [-0.1, -0.05) is 0 Å². The molecule has 1 spiro atoms. The van der Waals surface area contributed by atoms with Crippen molar-refractivity contribution in [3.63, 3.8) is 0 Å². The molecule has 1 saturated carbocycles. The third-order valence-corrected chi connectivity index (χ3v) is 7.78.